The summed E-state index contributed by atoms with van der Waals surface area (Å²) < 4.78 is 5.83. The molecule has 0 aromatic rings. The van der Waals surface area contributed by atoms with Crippen LogP contribution in [-0.4, -0.2) is 30.3 Å². The van der Waals surface area contributed by atoms with Gasteiger partial charge >= 0.3 is 0 Å². The maximum absolute atomic E-state index is 5.83. The van der Waals surface area contributed by atoms with Gasteiger partial charge in [0, 0.05) is 18.5 Å². The van der Waals surface area contributed by atoms with Gasteiger partial charge in [0.25, 0.3) is 0 Å². The highest BCUT2D eigenvalue weighted by atomic mass is 16.5. The molecule has 0 bridgehead atoms. The van der Waals surface area contributed by atoms with Crippen molar-refractivity contribution >= 4 is 0 Å². The SMILES string of the molecule is C1=CC(C2OCC3CCCN32)C=C1. The first kappa shape index (κ1) is 7.77. The summed E-state index contributed by atoms with van der Waals surface area (Å²) >= 11 is 0. The average molecular weight is 177 g/mol. The fourth-order valence-electron chi connectivity index (χ4n) is 2.65. The molecule has 0 aromatic carbocycles. The van der Waals surface area contributed by atoms with E-state index in [-0.39, 0.29) is 0 Å². The monoisotopic (exact) mass is 177 g/mol. The van der Waals surface area contributed by atoms with E-state index in [4.69, 9.17) is 4.74 Å². The van der Waals surface area contributed by atoms with Gasteiger partial charge in [-0.1, -0.05) is 24.3 Å². The van der Waals surface area contributed by atoms with Crippen molar-refractivity contribution in [1.82, 2.24) is 4.90 Å². The van der Waals surface area contributed by atoms with Crippen LogP contribution >= 0.6 is 0 Å². The third kappa shape index (κ3) is 1.17. The zero-order chi connectivity index (χ0) is 8.67. The Balaban J connectivity index is 1.77. The topological polar surface area (TPSA) is 12.5 Å². The zero-order valence-electron chi connectivity index (χ0n) is 7.73. The number of ether oxygens (including phenoxy) is 1. The molecule has 2 atom stereocenters. The first-order valence-electron chi connectivity index (χ1n) is 5.17. The van der Waals surface area contributed by atoms with Crippen LogP contribution in [0.25, 0.3) is 0 Å². The molecule has 3 rings (SSSR count). The summed E-state index contributed by atoms with van der Waals surface area (Å²) in [6.45, 7) is 2.18. The molecule has 70 valence electrons. The van der Waals surface area contributed by atoms with Gasteiger partial charge < -0.3 is 4.74 Å². The van der Waals surface area contributed by atoms with E-state index in [0.29, 0.717) is 18.2 Å². The lowest BCUT2D eigenvalue weighted by Crippen LogP contribution is -2.36. The van der Waals surface area contributed by atoms with Crippen molar-refractivity contribution in [1.29, 1.82) is 0 Å². The van der Waals surface area contributed by atoms with Gasteiger partial charge in [-0.05, 0) is 12.8 Å². The molecule has 2 saturated heterocycles. The third-order valence-corrected chi connectivity index (χ3v) is 3.32. The Hall–Kier alpha value is -0.600. The van der Waals surface area contributed by atoms with E-state index < -0.39 is 0 Å². The minimum atomic E-state index is 0.336. The van der Waals surface area contributed by atoms with Crippen LogP contribution in [0.2, 0.25) is 0 Å². The van der Waals surface area contributed by atoms with Crippen LogP contribution in [0.5, 0.6) is 0 Å². The molecule has 2 heteroatoms. The lowest BCUT2D eigenvalue weighted by molar-refractivity contribution is 0.0175. The highest BCUT2D eigenvalue weighted by Crippen LogP contribution is 2.32. The number of fused-ring (bicyclic) bond motifs is 1. The van der Waals surface area contributed by atoms with Gasteiger partial charge in [-0.2, -0.15) is 0 Å². The molecule has 2 aliphatic heterocycles. The van der Waals surface area contributed by atoms with Gasteiger partial charge in [0.2, 0.25) is 0 Å². The summed E-state index contributed by atoms with van der Waals surface area (Å²) in [7, 11) is 0. The van der Waals surface area contributed by atoms with Gasteiger partial charge in [0.05, 0.1) is 6.61 Å². The molecule has 0 N–H and O–H groups in total. The molecule has 2 heterocycles. The van der Waals surface area contributed by atoms with Gasteiger partial charge in [-0.15, -0.1) is 0 Å². The first-order valence-corrected chi connectivity index (χ1v) is 5.17. The van der Waals surface area contributed by atoms with Gasteiger partial charge in [-0.25, -0.2) is 0 Å². The molecule has 2 fully saturated rings. The number of rotatable bonds is 1. The maximum atomic E-state index is 5.83. The summed E-state index contributed by atoms with van der Waals surface area (Å²) in [4.78, 5) is 2.53. The van der Waals surface area contributed by atoms with Crippen LogP contribution in [0.1, 0.15) is 12.8 Å². The van der Waals surface area contributed by atoms with E-state index in [1.807, 2.05) is 0 Å². The smallest absolute Gasteiger partial charge is 0.120 e. The molecule has 0 saturated carbocycles. The van der Waals surface area contributed by atoms with E-state index in [2.05, 4.69) is 29.2 Å². The largest absolute Gasteiger partial charge is 0.361 e. The fourth-order valence-corrected chi connectivity index (χ4v) is 2.65. The minimum absolute atomic E-state index is 0.336. The second kappa shape index (κ2) is 2.96. The fraction of sp³-hybridized carbons (Fsp3) is 0.636. The molecule has 0 spiro atoms. The molecule has 2 unspecified atom stereocenters. The van der Waals surface area contributed by atoms with E-state index in [1.54, 1.807) is 0 Å². The molecule has 1 aliphatic carbocycles. The van der Waals surface area contributed by atoms with Crippen LogP contribution in [0.15, 0.2) is 24.3 Å². The van der Waals surface area contributed by atoms with Crippen LogP contribution in [0.3, 0.4) is 0 Å². The molecule has 2 nitrogen and oxygen atoms in total. The standard InChI is InChI=1S/C11H15NO/c1-2-5-9(4-1)11-12-7-3-6-10(12)8-13-11/h1-2,4-5,9-11H,3,6-8H2. The zero-order valence-corrected chi connectivity index (χ0v) is 7.73. The van der Waals surface area contributed by atoms with Crippen LogP contribution < -0.4 is 0 Å². The molecule has 0 amide bonds. The van der Waals surface area contributed by atoms with Gasteiger partial charge in [0.15, 0.2) is 0 Å². The first-order chi connectivity index (χ1) is 6.45. The highest BCUT2D eigenvalue weighted by Gasteiger charge is 2.40. The minimum Gasteiger partial charge on any atom is -0.361 e. The second-order valence-corrected chi connectivity index (χ2v) is 4.10. The van der Waals surface area contributed by atoms with Crippen molar-refractivity contribution in [3.8, 4) is 0 Å². The van der Waals surface area contributed by atoms with Crippen molar-refractivity contribution < 1.29 is 4.74 Å². The maximum Gasteiger partial charge on any atom is 0.120 e. The molecule has 0 radical (unpaired) electrons. The molecule has 13 heavy (non-hydrogen) atoms. The Labute approximate surface area is 78.9 Å². The lowest BCUT2D eigenvalue weighted by Gasteiger charge is -2.24. The second-order valence-electron chi connectivity index (χ2n) is 4.10. The van der Waals surface area contributed by atoms with E-state index in [0.717, 1.165) is 6.61 Å². The molecular weight excluding hydrogens is 162 g/mol. The van der Waals surface area contributed by atoms with Crippen molar-refractivity contribution in [2.24, 2.45) is 5.92 Å². The van der Waals surface area contributed by atoms with Crippen molar-refractivity contribution in [2.75, 3.05) is 13.2 Å². The van der Waals surface area contributed by atoms with Crippen LogP contribution in [-0.2, 0) is 4.74 Å². The Morgan fingerprint density at radius 3 is 2.92 bits per heavy atom. The Morgan fingerprint density at radius 1 is 1.23 bits per heavy atom. The Morgan fingerprint density at radius 2 is 2.08 bits per heavy atom. The Bertz CT molecular complexity index is 247. The van der Waals surface area contributed by atoms with E-state index >= 15 is 0 Å². The summed E-state index contributed by atoms with van der Waals surface area (Å²) in [5, 5.41) is 0. The third-order valence-electron chi connectivity index (χ3n) is 3.32. The number of allylic oxidation sites excluding steroid dienone is 2. The summed E-state index contributed by atoms with van der Waals surface area (Å²) in [6, 6.07) is 0.715. The normalized spacial score (nSPS) is 39.1. The quantitative estimate of drug-likeness (QED) is 0.602. The summed E-state index contributed by atoms with van der Waals surface area (Å²) in [5.74, 6) is 0.503. The van der Waals surface area contributed by atoms with Crippen LogP contribution in [0, 0.1) is 5.92 Å². The highest BCUT2D eigenvalue weighted by molar-refractivity contribution is 5.19. The summed E-state index contributed by atoms with van der Waals surface area (Å²) in [6.07, 6.45) is 11.7. The van der Waals surface area contributed by atoms with Crippen molar-refractivity contribution in [2.45, 2.75) is 25.1 Å². The molecular formula is C11H15NO. The van der Waals surface area contributed by atoms with Crippen LogP contribution in [0.4, 0.5) is 0 Å². The van der Waals surface area contributed by atoms with Crippen molar-refractivity contribution in [3.05, 3.63) is 24.3 Å². The average Bonchev–Trinajstić information content (AvgIpc) is 2.79. The molecule has 3 aliphatic rings. The molecule has 0 aromatic heterocycles. The van der Waals surface area contributed by atoms with Gasteiger partial charge in [-0.3, -0.25) is 4.90 Å². The number of nitrogens with zero attached hydrogens (tertiary/aromatic N) is 1. The predicted molar refractivity (Wildman–Crippen MR) is 51.2 cm³/mol. The Kier molecular flexibility index (Phi) is 1.77. The van der Waals surface area contributed by atoms with E-state index in [9.17, 15) is 0 Å². The number of hydrogen-bond donors (Lipinski definition) is 0. The number of hydrogen-bond acceptors (Lipinski definition) is 2. The lowest BCUT2D eigenvalue weighted by atomic mass is 10.1. The van der Waals surface area contributed by atoms with Crippen molar-refractivity contribution in [3.63, 3.8) is 0 Å². The summed E-state index contributed by atoms with van der Waals surface area (Å²) in [5.41, 5.74) is 0. The predicted octanol–water partition coefficient (Wildman–Crippen LogP) is 1.55. The van der Waals surface area contributed by atoms with E-state index in [1.165, 1.54) is 19.4 Å². The van der Waals surface area contributed by atoms with Gasteiger partial charge in [0.1, 0.15) is 6.23 Å².